The third kappa shape index (κ3) is 2.71. The molecule has 0 aliphatic heterocycles. The van der Waals surface area contributed by atoms with Gasteiger partial charge in [0.2, 0.25) is 0 Å². The summed E-state index contributed by atoms with van der Waals surface area (Å²) in [5, 5.41) is 0. The van der Waals surface area contributed by atoms with Gasteiger partial charge >= 0.3 is 0 Å². The molecule has 0 aromatic carbocycles. The van der Waals surface area contributed by atoms with E-state index < -0.39 is 0 Å². The summed E-state index contributed by atoms with van der Waals surface area (Å²) in [5.41, 5.74) is 3.83. The second kappa shape index (κ2) is 5.79. The van der Waals surface area contributed by atoms with Crippen LogP contribution in [0.2, 0.25) is 0 Å². The topological polar surface area (TPSA) is 67.1 Å². The van der Waals surface area contributed by atoms with Crippen molar-refractivity contribution >= 4 is 11.6 Å². The minimum absolute atomic E-state index is 0.342. The van der Waals surface area contributed by atoms with Gasteiger partial charge in [-0.15, -0.1) is 0 Å². The summed E-state index contributed by atoms with van der Waals surface area (Å²) >= 11 is 0. The van der Waals surface area contributed by atoms with E-state index in [0.717, 1.165) is 41.5 Å². The monoisotopic (exact) mass is 289 g/mol. The van der Waals surface area contributed by atoms with Crippen molar-refractivity contribution in [2.45, 2.75) is 45.4 Å². The van der Waals surface area contributed by atoms with Gasteiger partial charge in [-0.1, -0.05) is 20.3 Å². The Labute approximate surface area is 127 Å². The van der Waals surface area contributed by atoms with E-state index in [1.807, 2.05) is 0 Å². The molecule has 2 saturated carbocycles. The van der Waals surface area contributed by atoms with Crippen LogP contribution in [0.1, 0.15) is 51.0 Å². The molecule has 2 aliphatic carbocycles. The van der Waals surface area contributed by atoms with Crippen molar-refractivity contribution < 1.29 is 0 Å². The lowest BCUT2D eigenvalue weighted by atomic mass is 9.88. The van der Waals surface area contributed by atoms with Crippen molar-refractivity contribution in [3.8, 4) is 0 Å². The lowest BCUT2D eigenvalue weighted by molar-refractivity contribution is 0.337. The minimum atomic E-state index is 0.342. The fourth-order valence-corrected chi connectivity index (χ4v) is 4.38. The summed E-state index contributed by atoms with van der Waals surface area (Å²) in [4.78, 5) is 11.1. The Balaban J connectivity index is 1.79. The van der Waals surface area contributed by atoms with Crippen LogP contribution in [-0.4, -0.2) is 23.6 Å². The van der Waals surface area contributed by atoms with Gasteiger partial charge in [-0.3, -0.25) is 0 Å². The quantitative estimate of drug-likeness (QED) is 0.644. The van der Waals surface area contributed by atoms with Gasteiger partial charge in [0, 0.05) is 19.2 Å². The van der Waals surface area contributed by atoms with Gasteiger partial charge in [-0.25, -0.2) is 15.8 Å². The Morgan fingerprint density at radius 2 is 2.14 bits per heavy atom. The second-order valence-electron chi connectivity index (χ2n) is 7.07. The standard InChI is InChI=1S/C16H27N5/c1-10(2)14-15(20-17)18-9-19-16(14)21(3)8-13-7-11-4-5-12(13)6-11/h9-13H,4-8,17H2,1-3H3,(H,18,19,20). The van der Waals surface area contributed by atoms with Crippen molar-refractivity contribution in [3.05, 3.63) is 11.9 Å². The highest BCUT2D eigenvalue weighted by atomic mass is 15.3. The molecule has 3 N–H and O–H groups in total. The number of nitrogen functional groups attached to an aromatic ring is 1. The van der Waals surface area contributed by atoms with E-state index in [4.69, 9.17) is 5.84 Å². The highest BCUT2D eigenvalue weighted by molar-refractivity contribution is 5.59. The first-order chi connectivity index (χ1) is 10.1. The largest absolute Gasteiger partial charge is 0.359 e. The van der Waals surface area contributed by atoms with Crippen molar-refractivity contribution in [1.29, 1.82) is 0 Å². The number of nitrogens with one attached hydrogen (secondary N) is 1. The van der Waals surface area contributed by atoms with Gasteiger partial charge in [-0.2, -0.15) is 0 Å². The van der Waals surface area contributed by atoms with Gasteiger partial charge in [0.05, 0.1) is 0 Å². The summed E-state index contributed by atoms with van der Waals surface area (Å²) in [6.07, 6.45) is 7.35. The Morgan fingerprint density at radius 3 is 2.71 bits per heavy atom. The zero-order valence-electron chi connectivity index (χ0n) is 13.3. The van der Waals surface area contributed by atoms with E-state index in [2.05, 4.69) is 41.2 Å². The lowest BCUT2D eigenvalue weighted by Gasteiger charge is -2.30. The highest BCUT2D eigenvalue weighted by Gasteiger charge is 2.40. The van der Waals surface area contributed by atoms with Crippen molar-refractivity contribution in [3.63, 3.8) is 0 Å². The molecule has 1 heterocycles. The number of fused-ring (bicyclic) bond motifs is 2. The smallest absolute Gasteiger partial charge is 0.148 e. The fourth-order valence-electron chi connectivity index (χ4n) is 4.38. The van der Waals surface area contributed by atoms with E-state index in [9.17, 15) is 0 Å². The molecule has 116 valence electrons. The number of hydrogen-bond acceptors (Lipinski definition) is 5. The van der Waals surface area contributed by atoms with E-state index in [1.165, 1.54) is 25.7 Å². The lowest BCUT2D eigenvalue weighted by Crippen LogP contribution is -2.30. The maximum absolute atomic E-state index is 5.61. The van der Waals surface area contributed by atoms with Crippen molar-refractivity contribution in [1.82, 2.24) is 9.97 Å². The molecule has 21 heavy (non-hydrogen) atoms. The number of rotatable bonds is 5. The van der Waals surface area contributed by atoms with E-state index in [0.29, 0.717) is 5.92 Å². The van der Waals surface area contributed by atoms with Gasteiger partial charge in [0.15, 0.2) is 0 Å². The summed E-state index contributed by atoms with van der Waals surface area (Å²) in [7, 11) is 2.15. The first-order valence-corrected chi connectivity index (χ1v) is 8.12. The first kappa shape index (κ1) is 14.6. The Kier molecular flexibility index (Phi) is 4.02. The van der Waals surface area contributed by atoms with Crippen molar-refractivity contribution in [2.24, 2.45) is 23.6 Å². The first-order valence-electron chi connectivity index (χ1n) is 8.12. The molecule has 3 unspecified atom stereocenters. The van der Waals surface area contributed by atoms with Crippen LogP contribution >= 0.6 is 0 Å². The van der Waals surface area contributed by atoms with E-state index >= 15 is 0 Å². The SMILES string of the molecule is CC(C)c1c(NN)ncnc1N(C)CC1CC2CCC1C2. The van der Waals surface area contributed by atoms with Crippen molar-refractivity contribution in [2.75, 3.05) is 23.9 Å². The summed E-state index contributed by atoms with van der Waals surface area (Å²) in [6.45, 7) is 5.42. The molecule has 0 radical (unpaired) electrons. The maximum Gasteiger partial charge on any atom is 0.148 e. The molecule has 2 fully saturated rings. The van der Waals surface area contributed by atoms with Crippen LogP contribution in [0.4, 0.5) is 11.6 Å². The average Bonchev–Trinajstić information content (AvgIpc) is 3.08. The zero-order valence-corrected chi connectivity index (χ0v) is 13.3. The van der Waals surface area contributed by atoms with Crippen LogP contribution in [0.5, 0.6) is 0 Å². The number of hydrazine groups is 1. The van der Waals surface area contributed by atoms with Crippen LogP contribution in [0.25, 0.3) is 0 Å². The van der Waals surface area contributed by atoms with E-state index in [1.54, 1.807) is 6.33 Å². The number of nitrogens with zero attached hydrogens (tertiary/aromatic N) is 3. The molecular formula is C16H27N5. The highest BCUT2D eigenvalue weighted by Crippen LogP contribution is 2.48. The van der Waals surface area contributed by atoms with Crippen LogP contribution in [0.15, 0.2) is 6.33 Å². The van der Waals surface area contributed by atoms with Gasteiger partial charge < -0.3 is 10.3 Å². The predicted octanol–water partition coefficient (Wildman–Crippen LogP) is 2.76. The molecule has 3 rings (SSSR count). The van der Waals surface area contributed by atoms with Crippen LogP contribution in [0, 0.1) is 17.8 Å². The van der Waals surface area contributed by atoms with Gasteiger partial charge in [-0.05, 0) is 42.9 Å². The molecule has 1 aromatic heterocycles. The molecule has 2 aliphatic rings. The van der Waals surface area contributed by atoms with Crippen LogP contribution in [0.3, 0.4) is 0 Å². The van der Waals surface area contributed by atoms with Gasteiger partial charge in [0.1, 0.15) is 18.0 Å². The zero-order chi connectivity index (χ0) is 15.0. The predicted molar refractivity (Wildman–Crippen MR) is 86.1 cm³/mol. The summed E-state index contributed by atoms with van der Waals surface area (Å²) < 4.78 is 0. The Bertz CT molecular complexity index is 501. The molecule has 5 heteroatoms. The molecule has 0 amide bonds. The Morgan fingerprint density at radius 1 is 1.33 bits per heavy atom. The number of anilines is 2. The Hall–Kier alpha value is -1.36. The number of hydrogen-bond donors (Lipinski definition) is 2. The third-order valence-corrected chi connectivity index (χ3v) is 5.33. The van der Waals surface area contributed by atoms with E-state index in [-0.39, 0.29) is 0 Å². The molecule has 1 aromatic rings. The fraction of sp³-hybridized carbons (Fsp3) is 0.750. The second-order valence-corrected chi connectivity index (χ2v) is 7.07. The average molecular weight is 289 g/mol. The molecule has 3 atom stereocenters. The molecule has 5 nitrogen and oxygen atoms in total. The number of nitrogens with two attached hydrogens (primary N) is 1. The third-order valence-electron chi connectivity index (χ3n) is 5.33. The molecule has 0 saturated heterocycles. The summed E-state index contributed by atoms with van der Waals surface area (Å²) in [5.74, 6) is 10.5. The number of aromatic nitrogens is 2. The minimum Gasteiger partial charge on any atom is -0.359 e. The van der Waals surface area contributed by atoms with Gasteiger partial charge in [0.25, 0.3) is 0 Å². The molecular weight excluding hydrogens is 262 g/mol. The summed E-state index contributed by atoms with van der Waals surface area (Å²) in [6, 6.07) is 0. The van der Waals surface area contributed by atoms with Crippen LogP contribution in [-0.2, 0) is 0 Å². The molecule has 2 bridgehead atoms. The van der Waals surface area contributed by atoms with Crippen LogP contribution < -0.4 is 16.2 Å². The molecule has 0 spiro atoms. The normalized spacial score (nSPS) is 27.4. The maximum atomic E-state index is 5.61.